The molecule has 1 aromatic carbocycles. The van der Waals surface area contributed by atoms with Crippen LogP contribution in [-0.4, -0.2) is 17.6 Å². The lowest BCUT2D eigenvalue weighted by atomic mass is 10.1. The van der Waals surface area contributed by atoms with E-state index >= 15 is 0 Å². The molecule has 0 spiro atoms. The quantitative estimate of drug-likeness (QED) is 0.878. The monoisotopic (exact) mass is 321 g/mol. The molecule has 122 valence electrons. The summed E-state index contributed by atoms with van der Waals surface area (Å²) in [6.45, 7) is 0.769. The van der Waals surface area contributed by atoms with Crippen LogP contribution in [0.2, 0.25) is 0 Å². The predicted molar refractivity (Wildman–Crippen MR) is 82.6 cm³/mol. The molecule has 2 aromatic rings. The molecule has 0 bridgehead atoms. The van der Waals surface area contributed by atoms with Crippen molar-refractivity contribution in [3.05, 3.63) is 53.7 Å². The molecule has 0 aliphatic rings. The molecule has 0 saturated carbocycles. The summed E-state index contributed by atoms with van der Waals surface area (Å²) in [6, 6.07) is 9.02. The summed E-state index contributed by atoms with van der Waals surface area (Å²) < 4.78 is 28.5. The molecule has 1 aromatic heterocycles. The normalized spacial score (nSPS) is 11.9. The Bertz CT molecular complexity index is 663. The molecule has 0 aliphatic heterocycles. The van der Waals surface area contributed by atoms with Crippen LogP contribution < -0.4 is 15.4 Å². The zero-order valence-corrected chi connectivity index (χ0v) is 12.7. The lowest BCUT2D eigenvalue weighted by molar-refractivity contribution is -0.0498. The van der Waals surface area contributed by atoms with Gasteiger partial charge in [0.15, 0.2) is 0 Å². The van der Waals surface area contributed by atoms with Crippen LogP contribution in [0.15, 0.2) is 42.6 Å². The molecule has 2 amide bonds. The van der Waals surface area contributed by atoms with E-state index in [2.05, 4.69) is 20.4 Å². The van der Waals surface area contributed by atoms with Crippen molar-refractivity contribution in [2.45, 2.75) is 26.5 Å². The van der Waals surface area contributed by atoms with Gasteiger partial charge < -0.3 is 10.1 Å². The average Bonchev–Trinajstić information content (AvgIpc) is 2.49. The minimum absolute atomic E-state index is 0.0736. The summed E-state index contributed by atoms with van der Waals surface area (Å²) >= 11 is 0. The Hall–Kier alpha value is -2.70. The number of nitrogens with one attached hydrogen (secondary N) is 2. The molecule has 7 heteroatoms. The number of aryl methyl sites for hydroxylation is 1. The van der Waals surface area contributed by atoms with Gasteiger partial charge in [-0.3, -0.25) is 5.32 Å². The fraction of sp³-hybridized carbons (Fsp3) is 0.250. The number of pyridine rings is 1. The fourth-order valence-corrected chi connectivity index (χ4v) is 1.98. The van der Waals surface area contributed by atoms with E-state index in [1.165, 1.54) is 12.1 Å². The highest BCUT2D eigenvalue weighted by Crippen LogP contribution is 2.19. The van der Waals surface area contributed by atoms with E-state index in [4.69, 9.17) is 0 Å². The topological polar surface area (TPSA) is 63.2 Å². The number of ether oxygens (including phenoxy) is 1. The maximum Gasteiger partial charge on any atom is 0.387 e. The average molecular weight is 321 g/mol. The number of rotatable bonds is 5. The van der Waals surface area contributed by atoms with Crippen LogP contribution in [0.25, 0.3) is 0 Å². The molecule has 0 fully saturated rings. The van der Waals surface area contributed by atoms with Gasteiger partial charge in [-0.1, -0.05) is 18.2 Å². The van der Waals surface area contributed by atoms with Gasteiger partial charge in [-0.2, -0.15) is 8.78 Å². The third kappa shape index (κ3) is 4.91. The van der Waals surface area contributed by atoms with Gasteiger partial charge in [0.25, 0.3) is 0 Å². The number of benzene rings is 1. The Kier molecular flexibility index (Phi) is 5.46. The number of carbonyl (C=O) groups is 1. The standard InChI is InChI=1S/C16H17F2N3O2/c1-10-4-3-9-19-14(10)21-16(22)20-11(2)12-5-7-13(8-6-12)23-15(17)18/h3-9,11,15H,1-2H3,(H2,19,20,21,22). The third-order valence-electron chi connectivity index (χ3n) is 3.19. The highest BCUT2D eigenvalue weighted by Gasteiger charge is 2.11. The van der Waals surface area contributed by atoms with Crippen LogP contribution in [0.3, 0.4) is 0 Å². The van der Waals surface area contributed by atoms with Crippen LogP contribution in [0.5, 0.6) is 5.75 Å². The largest absolute Gasteiger partial charge is 0.435 e. The van der Waals surface area contributed by atoms with Gasteiger partial charge in [0.1, 0.15) is 11.6 Å². The Morgan fingerprint density at radius 3 is 2.52 bits per heavy atom. The molecule has 1 heterocycles. The van der Waals surface area contributed by atoms with Crippen LogP contribution in [-0.2, 0) is 0 Å². The van der Waals surface area contributed by atoms with Crippen LogP contribution in [0.1, 0.15) is 24.1 Å². The van der Waals surface area contributed by atoms with Crippen molar-refractivity contribution in [3.63, 3.8) is 0 Å². The SMILES string of the molecule is Cc1cccnc1NC(=O)NC(C)c1ccc(OC(F)F)cc1. The summed E-state index contributed by atoms with van der Waals surface area (Å²) in [4.78, 5) is 16.1. The van der Waals surface area contributed by atoms with E-state index < -0.39 is 12.6 Å². The van der Waals surface area contributed by atoms with E-state index in [0.717, 1.165) is 11.1 Å². The van der Waals surface area contributed by atoms with E-state index in [-0.39, 0.29) is 11.8 Å². The van der Waals surface area contributed by atoms with Gasteiger partial charge in [-0.15, -0.1) is 0 Å². The first-order chi connectivity index (χ1) is 11.0. The van der Waals surface area contributed by atoms with E-state index in [0.29, 0.717) is 5.82 Å². The van der Waals surface area contributed by atoms with Gasteiger partial charge in [-0.05, 0) is 43.2 Å². The molecular formula is C16H17F2N3O2. The van der Waals surface area contributed by atoms with E-state index in [1.807, 2.05) is 13.0 Å². The van der Waals surface area contributed by atoms with Crippen molar-refractivity contribution >= 4 is 11.8 Å². The first kappa shape index (κ1) is 16.7. The second-order valence-corrected chi connectivity index (χ2v) is 4.94. The second kappa shape index (κ2) is 7.53. The highest BCUT2D eigenvalue weighted by molar-refractivity contribution is 5.89. The number of halogens is 2. The molecule has 5 nitrogen and oxygen atoms in total. The summed E-state index contributed by atoms with van der Waals surface area (Å²) in [5.41, 5.74) is 1.61. The van der Waals surface area contributed by atoms with Crippen molar-refractivity contribution in [3.8, 4) is 5.75 Å². The fourth-order valence-electron chi connectivity index (χ4n) is 1.98. The Labute approximate surface area is 132 Å². The highest BCUT2D eigenvalue weighted by atomic mass is 19.3. The Morgan fingerprint density at radius 2 is 1.91 bits per heavy atom. The first-order valence-electron chi connectivity index (χ1n) is 6.99. The van der Waals surface area contributed by atoms with Crippen molar-refractivity contribution in [2.24, 2.45) is 0 Å². The number of amides is 2. The Morgan fingerprint density at radius 1 is 1.22 bits per heavy atom. The Balaban J connectivity index is 1.94. The molecule has 2 N–H and O–H groups in total. The smallest absolute Gasteiger partial charge is 0.387 e. The molecule has 2 rings (SSSR count). The number of hydrogen-bond donors (Lipinski definition) is 2. The second-order valence-electron chi connectivity index (χ2n) is 4.94. The number of urea groups is 1. The van der Waals surface area contributed by atoms with E-state index in [9.17, 15) is 13.6 Å². The minimum Gasteiger partial charge on any atom is -0.435 e. The molecule has 1 unspecified atom stereocenters. The van der Waals surface area contributed by atoms with Crippen molar-refractivity contribution < 1.29 is 18.3 Å². The number of carbonyl (C=O) groups excluding carboxylic acids is 1. The maximum atomic E-state index is 12.1. The van der Waals surface area contributed by atoms with Gasteiger partial charge in [0.05, 0.1) is 6.04 Å². The summed E-state index contributed by atoms with van der Waals surface area (Å²) in [5, 5.41) is 5.42. The molecule has 0 saturated heterocycles. The molecule has 1 atom stereocenters. The van der Waals surface area contributed by atoms with Gasteiger partial charge >= 0.3 is 12.6 Å². The number of alkyl halides is 2. The van der Waals surface area contributed by atoms with Crippen LogP contribution in [0, 0.1) is 6.92 Å². The lowest BCUT2D eigenvalue weighted by Gasteiger charge is -2.16. The number of anilines is 1. The summed E-state index contributed by atoms with van der Waals surface area (Å²) in [5.74, 6) is 0.558. The van der Waals surface area contributed by atoms with Gasteiger partial charge in [-0.25, -0.2) is 9.78 Å². The van der Waals surface area contributed by atoms with E-state index in [1.54, 1.807) is 31.3 Å². The van der Waals surface area contributed by atoms with Crippen LogP contribution in [0.4, 0.5) is 19.4 Å². The molecule has 23 heavy (non-hydrogen) atoms. The minimum atomic E-state index is -2.86. The summed E-state index contributed by atoms with van der Waals surface area (Å²) in [6.07, 6.45) is 1.59. The number of hydrogen-bond acceptors (Lipinski definition) is 3. The molecule has 0 radical (unpaired) electrons. The zero-order chi connectivity index (χ0) is 16.8. The lowest BCUT2D eigenvalue weighted by Crippen LogP contribution is -2.31. The molecule has 0 aliphatic carbocycles. The van der Waals surface area contributed by atoms with Gasteiger partial charge in [0.2, 0.25) is 0 Å². The molecular weight excluding hydrogens is 304 g/mol. The third-order valence-corrected chi connectivity index (χ3v) is 3.19. The van der Waals surface area contributed by atoms with Crippen molar-refractivity contribution in [2.75, 3.05) is 5.32 Å². The predicted octanol–water partition coefficient (Wildman–Crippen LogP) is 3.87. The first-order valence-corrected chi connectivity index (χ1v) is 6.99. The van der Waals surface area contributed by atoms with Crippen molar-refractivity contribution in [1.29, 1.82) is 0 Å². The van der Waals surface area contributed by atoms with Crippen molar-refractivity contribution in [1.82, 2.24) is 10.3 Å². The zero-order valence-electron chi connectivity index (χ0n) is 12.7. The summed E-state index contributed by atoms with van der Waals surface area (Å²) in [7, 11) is 0. The number of aromatic nitrogens is 1. The maximum absolute atomic E-state index is 12.1. The number of nitrogens with zero attached hydrogens (tertiary/aromatic N) is 1. The van der Waals surface area contributed by atoms with Crippen LogP contribution >= 0.6 is 0 Å². The van der Waals surface area contributed by atoms with Gasteiger partial charge in [0, 0.05) is 6.20 Å².